The Morgan fingerprint density at radius 1 is 0.321 bits per heavy atom. The fourth-order valence-electron chi connectivity index (χ4n) is 7.05. The van der Waals surface area contributed by atoms with Gasteiger partial charge in [-0.05, 0) is 63.4 Å². The number of hydrogen-bond donors (Lipinski definition) is 0. The van der Waals surface area contributed by atoms with Crippen LogP contribution in [0.3, 0.4) is 0 Å². The third kappa shape index (κ3) is 6.36. The molecule has 4 nitrogen and oxygen atoms in total. The van der Waals surface area contributed by atoms with Gasteiger partial charge in [0.25, 0.3) is 0 Å². The van der Waals surface area contributed by atoms with Crippen LogP contribution in [-0.2, 0) is 0 Å². The summed E-state index contributed by atoms with van der Waals surface area (Å²) in [6, 6.07) is 61.5. The molecule has 0 spiro atoms. The third-order valence-corrected chi connectivity index (χ3v) is 9.88. The first kappa shape index (κ1) is 32.1. The molecule has 0 fully saturated rings. The van der Waals surface area contributed by atoms with E-state index in [-0.39, 0.29) is 0 Å². The lowest BCUT2D eigenvalue weighted by atomic mass is 9.92. The Morgan fingerprint density at radius 2 is 0.811 bits per heavy atom. The Bertz CT molecular complexity index is 2680. The van der Waals surface area contributed by atoms with Crippen molar-refractivity contribution in [1.82, 2.24) is 19.9 Å². The van der Waals surface area contributed by atoms with Gasteiger partial charge in [0.2, 0.25) is 0 Å². The van der Waals surface area contributed by atoms with Crippen molar-refractivity contribution in [3.63, 3.8) is 0 Å². The summed E-state index contributed by atoms with van der Waals surface area (Å²) in [5, 5.41) is 3.52. The third-order valence-electron chi connectivity index (χ3n) is 9.88. The van der Waals surface area contributed by atoms with Crippen molar-refractivity contribution in [2.45, 2.75) is 19.8 Å². The highest BCUT2D eigenvalue weighted by Crippen LogP contribution is 2.37. The highest BCUT2D eigenvalue weighted by atomic mass is 15.0. The van der Waals surface area contributed by atoms with Crippen molar-refractivity contribution >= 4 is 21.7 Å². The SMILES string of the molecule is CC(C)c1cccc(-c2cc(-c3ccc(-c4nc5ccccc5c5ccccc45)cc3)cc(-c3nc(-c4ccccc4)nc(-c4ccccc4)n3)c2)c1. The topological polar surface area (TPSA) is 51.6 Å². The Morgan fingerprint density at radius 3 is 1.45 bits per heavy atom. The van der Waals surface area contributed by atoms with E-state index in [4.69, 9.17) is 19.9 Å². The van der Waals surface area contributed by atoms with Crippen molar-refractivity contribution in [3.05, 3.63) is 181 Å². The monoisotopic (exact) mass is 680 g/mol. The van der Waals surface area contributed by atoms with Crippen LogP contribution in [0.1, 0.15) is 25.3 Å². The second-order valence-electron chi connectivity index (χ2n) is 13.7. The van der Waals surface area contributed by atoms with Gasteiger partial charge in [-0.15, -0.1) is 0 Å². The lowest BCUT2D eigenvalue weighted by Gasteiger charge is -2.14. The Balaban J connectivity index is 1.21. The van der Waals surface area contributed by atoms with Crippen LogP contribution in [0.15, 0.2) is 176 Å². The zero-order chi connectivity index (χ0) is 35.7. The minimum atomic E-state index is 0.412. The zero-order valence-corrected chi connectivity index (χ0v) is 29.6. The first-order valence-corrected chi connectivity index (χ1v) is 18.1. The smallest absolute Gasteiger partial charge is 0.164 e. The standard InChI is InChI=1S/C49H36N4/c1-32(2)37-18-13-19-38(28-37)40-29-39(33-24-26-34(27-25-33)46-44-22-10-9-20-42(44)43-21-11-12-23-45(43)50-46)30-41(31-40)49-52-47(35-14-5-3-6-15-35)51-48(53-49)36-16-7-4-8-17-36/h3-32H,1-2H3. The average molecular weight is 681 g/mol. The Hall–Kier alpha value is -6.78. The molecule has 0 radical (unpaired) electrons. The van der Waals surface area contributed by atoms with Gasteiger partial charge >= 0.3 is 0 Å². The molecular weight excluding hydrogens is 645 g/mol. The molecule has 9 aromatic rings. The van der Waals surface area contributed by atoms with Gasteiger partial charge in [-0.3, -0.25) is 0 Å². The Labute approximate surface area is 309 Å². The lowest BCUT2D eigenvalue weighted by molar-refractivity contribution is 0.867. The molecule has 4 heteroatoms. The molecule has 0 aliphatic carbocycles. The molecular formula is C49H36N4. The maximum atomic E-state index is 5.15. The van der Waals surface area contributed by atoms with Gasteiger partial charge in [0, 0.05) is 33.0 Å². The summed E-state index contributed by atoms with van der Waals surface area (Å²) in [4.78, 5) is 20.3. The molecule has 0 unspecified atom stereocenters. The van der Waals surface area contributed by atoms with Crippen LogP contribution in [0.2, 0.25) is 0 Å². The first-order chi connectivity index (χ1) is 26.1. The van der Waals surface area contributed by atoms with Gasteiger partial charge in [-0.2, -0.15) is 0 Å². The molecule has 0 saturated carbocycles. The maximum Gasteiger partial charge on any atom is 0.164 e. The summed E-state index contributed by atoms with van der Waals surface area (Å²) in [6.07, 6.45) is 0. The lowest BCUT2D eigenvalue weighted by Crippen LogP contribution is -2.00. The van der Waals surface area contributed by atoms with Gasteiger partial charge in [0.1, 0.15) is 0 Å². The van der Waals surface area contributed by atoms with E-state index in [1.165, 1.54) is 16.3 Å². The highest BCUT2D eigenvalue weighted by Gasteiger charge is 2.16. The fourth-order valence-corrected chi connectivity index (χ4v) is 7.05. The molecule has 0 atom stereocenters. The normalized spacial score (nSPS) is 11.4. The summed E-state index contributed by atoms with van der Waals surface area (Å²) in [7, 11) is 0. The molecule has 0 N–H and O–H groups in total. The van der Waals surface area contributed by atoms with E-state index in [9.17, 15) is 0 Å². The minimum absolute atomic E-state index is 0.412. The number of rotatable bonds is 7. The van der Waals surface area contributed by atoms with Gasteiger partial charge in [-0.1, -0.05) is 166 Å². The van der Waals surface area contributed by atoms with E-state index in [0.29, 0.717) is 23.4 Å². The minimum Gasteiger partial charge on any atom is -0.247 e. The summed E-state index contributed by atoms with van der Waals surface area (Å²) >= 11 is 0. The quantitative estimate of drug-likeness (QED) is 0.157. The summed E-state index contributed by atoms with van der Waals surface area (Å²) in [6.45, 7) is 4.47. The summed E-state index contributed by atoms with van der Waals surface area (Å²) < 4.78 is 0. The van der Waals surface area contributed by atoms with E-state index in [0.717, 1.165) is 61.1 Å². The van der Waals surface area contributed by atoms with Crippen molar-refractivity contribution in [3.8, 4) is 67.7 Å². The van der Waals surface area contributed by atoms with Crippen LogP contribution < -0.4 is 0 Å². The van der Waals surface area contributed by atoms with Crippen molar-refractivity contribution in [2.24, 2.45) is 0 Å². The van der Waals surface area contributed by atoms with Crippen LogP contribution in [0.25, 0.3) is 89.4 Å². The molecule has 2 heterocycles. The van der Waals surface area contributed by atoms with Crippen LogP contribution in [0, 0.1) is 0 Å². The molecule has 9 rings (SSSR count). The number of aromatic nitrogens is 4. The van der Waals surface area contributed by atoms with E-state index >= 15 is 0 Å². The van der Waals surface area contributed by atoms with Crippen LogP contribution in [0.4, 0.5) is 0 Å². The molecule has 2 aromatic heterocycles. The average Bonchev–Trinajstić information content (AvgIpc) is 3.24. The predicted molar refractivity (Wildman–Crippen MR) is 219 cm³/mol. The Kier molecular flexibility index (Phi) is 8.33. The highest BCUT2D eigenvalue weighted by molar-refractivity contribution is 6.10. The molecule has 0 aliphatic heterocycles. The van der Waals surface area contributed by atoms with E-state index in [1.807, 2.05) is 60.7 Å². The molecule has 252 valence electrons. The zero-order valence-electron chi connectivity index (χ0n) is 29.6. The van der Waals surface area contributed by atoms with Crippen LogP contribution in [0.5, 0.6) is 0 Å². The van der Waals surface area contributed by atoms with Gasteiger partial charge in [0.05, 0.1) is 11.2 Å². The molecule has 0 saturated heterocycles. The van der Waals surface area contributed by atoms with Gasteiger partial charge < -0.3 is 0 Å². The molecule has 0 aliphatic rings. The van der Waals surface area contributed by atoms with E-state index in [1.54, 1.807) is 0 Å². The molecule has 0 amide bonds. The number of fused-ring (bicyclic) bond motifs is 3. The van der Waals surface area contributed by atoms with Crippen molar-refractivity contribution < 1.29 is 0 Å². The number of pyridine rings is 1. The molecule has 7 aromatic carbocycles. The van der Waals surface area contributed by atoms with Gasteiger partial charge in [0.15, 0.2) is 17.5 Å². The van der Waals surface area contributed by atoms with E-state index < -0.39 is 0 Å². The number of para-hydroxylation sites is 1. The van der Waals surface area contributed by atoms with Crippen LogP contribution in [-0.4, -0.2) is 19.9 Å². The molecule has 0 bridgehead atoms. The number of hydrogen-bond acceptors (Lipinski definition) is 4. The summed E-state index contributed by atoms with van der Waals surface area (Å²) in [5.74, 6) is 2.32. The van der Waals surface area contributed by atoms with Crippen LogP contribution >= 0.6 is 0 Å². The second-order valence-corrected chi connectivity index (χ2v) is 13.7. The number of nitrogens with zero attached hydrogens (tertiary/aromatic N) is 4. The van der Waals surface area contributed by atoms with Crippen molar-refractivity contribution in [2.75, 3.05) is 0 Å². The maximum absolute atomic E-state index is 5.15. The van der Waals surface area contributed by atoms with Crippen molar-refractivity contribution in [1.29, 1.82) is 0 Å². The first-order valence-electron chi connectivity index (χ1n) is 18.1. The largest absolute Gasteiger partial charge is 0.247 e. The fraction of sp³-hybridized carbons (Fsp3) is 0.0612. The second kappa shape index (κ2) is 13.7. The van der Waals surface area contributed by atoms with E-state index in [2.05, 4.69) is 129 Å². The number of benzene rings is 7. The van der Waals surface area contributed by atoms with Gasteiger partial charge in [-0.25, -0.2) is 19.9 Å². The predicted octanol–water partition coefficient (Wildman–Crippen LogP) is 12.7. The summed E-state index contributed by atoms with van der Waals surface area (Å²) in [5.41, 5.74) is 11.6. The molecule has 53 heavy (non-hydrogen) atoms.